The quantitative estimate of drug-likeness (QED) is 0.554. The maximum atomic E-state index is 12.4. The van der Waals surface area contributed by atoms with Crippen molar-refractivity contribution in [2.45, 2.75) is 39.0 Å². The second-order valence-electron chi connectivity index (χ2n) is 4.59. The van der Waals surface area contributed by atoms with Gasteiger partial charge in [0.25, 0.3) is 10.2 Å². The number of nitrogens with one attached hydrogen (secondary N) is 1. The van der Waals surface area contributed by atoms with E-state index in [0.717, 1.165) is 25.7 Å². The standard InChI is InChI=1S/C11H24N4O2S/c1-2-14(10-7-11(12)13)18(16,17)15-8-5-3-4-6-9-15/h2-10H2,1H3,(H3,12,13). The Bertz CT molecular complexity index is 361. The van der Waals surface area contributed by atoms with E-state index in [2.05, 4.69) is 0 Å². The van der Waals surface area contributed by atoms with E-state index in [4.69, 9.17) is 11.1 Å². The fourth-order valence-corrected chi connectivity index (χ4v) is 3.81. The van der Waals surface area contributed by atoms with Gasteiger partial charge >= 0.3 is 0 Å². The number of rotatable bonds is 6. The Hall–Kier alpha value is -0.660. The summed E-state index contributed by atoms with van der Waals surface area (Å²) < 4.78 is 27.8. The Morgan fingerprint density at radius 1 is 1.28 bits per heavy atom. The second kappa shape index (κ2) is 7.06. The highest BCUT2D eigenvalue weighted by molar-refractivity contribution is 7.86. The summed E-state index contributed by atoms with van der Waals surface area (Å²) in [5, 5.41) is 7.19. The van der Waals surface area contributed by atoms with Gasteiger partial charge in [-0.15, -0.1) is 0 Å². The zero-order valence-corrected chi connectivity index (χ0v) is 11.9. The highest BCUT2D eigenvalue weighted by Gasteiger charge is 2.28. The van der Waals surface area contributed by atoms with Crippen LogP contribution in [0.1, 0.15) is 39.0 Å². The number of amidine groups is 1. The molecule has 7 heteroatoms. The summed E-state index contributed by atoms with van der Waals surface area (Å²) >= 11 is 0. The average molecular weight is 276 g/mol. The normalized spacial score (nSPS) is 18.8. The van der Waals surface area contributed by atoms with Gasteiger partial charge in [-0.3, -0.25) is 5.41 Å². The molecule has 0 unspecified atom stereocenters. The zero-order valence-electron chi connectivity index (χ0n) is 11.1. The van der Waals surface area contributed by atoms with Crippen molar-refractivity contribution in [1.29, 1.82) is 5.41 Å². The van der Waals surface area contributed by atoms with E-state index in [0.29, 0.717) is 32.6 Å². The van der Waals surface area contributed by atoms with Gasteiger partial charge in [-0.2, -0.15) is 17.0 Å². The van der Waals surface area contributed by atoms with Crippen molar-refractivity contribution in [2.24, 2.45) is 5.73 Å². The lowest BCUT2D eigenvalue weighted by atomic mass is 10.2. The third kappa shape index (κ3) is 4.22. The number of hydrogen-bond acceptors (Lipinski definition) is 3. The van der Waals surface area contributed by atoms with E-state index in [-0.39, 0.29) is 5.84 Å². The molecule has 1 aliphatic rings. The van der Waals surface area contributed by atoms with Crippen molar-refractivity contribution in [2.75, 3.05) is 26.2 Å². The van der Waals surface area contributed by atoms with Gasteiger partial charge in [0.15, 0.2) is 0 Å². The summed E-state index contributed by atoms with van der Waals surface area (Å²) in [4.78, 5) is 0. The number of nitrogens with zero attached hydrogens (tertiary/aromatic N) is 2. The molecule has 1 saturated heterocycles. The predicted octanol–water partition coefficient (Wildman–Crippen LogP) is 0.755. The summed E-state index contributed by atoms with van der Waals surface area (Å²) in [7, 11) is -3.38. The molecule has 0 amide bonds. The first-order chi connectivity index (χ1) is 8.48. The van der Waals surface area contributed by atoms with Crippen LogP contribution in [-0.2, 0) is 10.2 Å². The van der Waals surface area contributed by atoms with Crippen LogP contribution < -0.4 is 5.73 Å². The summed E-state index contributed by atoms with van der Waals surface area (Å²) in [6.07, 6.45) is 4.37. The molecular weight excluding hydrogens is 252 g/mol. The van der Waals surface area contributed by atoms with Crippen LogP contribution in [0.5, 0.6) is 0 Å². The molecule has 1 fully saturated rings. The molecule has 3 N–H and O–H groups in total. The molecule has 0 atom stereocenters. The van der Waals surface area contributed by atoms with Crippen molar-refractivity contribution in [3.8, 4) is 0 Å². The summed E-state index contributed by atoms with van der Waals surface area (Å²) in [6, 6.07) is 0. The molecule has 0 spiro atoms. The fourth-order valence-electron chi connectivity index (χ4n) is 2.12. The van der Waals surface area contributed by atoms with E-state index in [1.54, 1.807) is 4.31 Å². The van der Waals surface area contributed by atoms with Crippen LogP contribution in [0.15, 0.2) is 0 Å². The lowest BCUT2D eigenvalue weighted by Gasteiger charge is -2.28. The predicted molar refractivity (Wildman–Crippen MR) is 72.7 cm³/mol. The van der Waals surface area contributed by atoms with Crippen LogP contribution in [0.25, 0.3) is 0 Å². The lowest BCUT2D eigenvalue weighted by molar-refractivity contribution is 0.351. The van der Waals surface area contributed by atoms with E-state index < -0.39 is 10.2 Å². The fraction of sp³-hybridized carbons (Fsp3) is 0.909. The van der Waals surface area contributed by atoms with Crippen LogP contribution in [0.2, 0.25) is 0 Å². The average Bonchev–Trinajstić information content (AvgIpc) is 2.57. The van der Waals surface area contributed by atoms with Crippen LogP contribution >= 0.6 is 0 Å². The minimum absolute atomic E-state index is 0.0273. The van der Waals surface area contributed by atoms with Crippen LogP contribution in [-0.4, -0.2) is 49.0 Å². The maximum absolute atomic E-state index is 12.4. The second-order valence-corrected chi connectivity index (χ2v) is 6.52. The summed E-state index contributed by atoms with van der Waals surface area (Å²) in [5.74, 6) is 0.0273. The molecule has 0 aromatic carbocycles. The van der Waals surface area contributed by atoms with Crippen LogP contribution in [0.3, 0.4) is 0 Å². The molecule has 0 aromatic rings. The van der Waals surface area contributed by atoms with Crippen molar-refractivity contribution in [3.63, 3.8) is 0 Å². The minimum atomic E-state index is -3.38. The van der Waals surface area contributed by atoms with Gasteiger partial charge in [0, 0.05) is 32.6 Å². The van der Waals surface area contributed by atoms with Gasteiger partial charge in [0.1, 0.15) is 0 Å². The highest BCUT2D eigenvalue weighted by Crippen LogP contribution is 2.16. The van der Waals surface area contributed by atoms with Crippen molar-refractivity contribution >= 4 is 16.0 Å². The molecule has 1 aliphatic heterocycles. The molecule has 0 radical (unpaired) electrons. The summed E-state index contributed by atoms with van der Waals surface area (Å²) in [6.45, 7) is 3.75. The van der Waals surface area contributed by atoms with Gasteiger partial charge in [-0.25, -0.2) is 0 Å². The molecule has 0 aromatic heterocycles. The summed E-state index contributed by atoms with van der Waals surface area (Å²) in [5.41, 5.74) is 5.29. The van der Waals surface area contributed by atoms with Gasteiger partial charge in [-0.1, -0.05) is 19.8 Å². The Morgan fingerprint density at radius 2 is 1.83 bits per heavy atom. The van der Waals surface area contributed by atoms with Gasteiger partial charge in [-0.05, 0) is 12.8 Å². The highest BCUT2D eigenvalue weighted by atomic mass is 32.2. The number of nitrogens with two attached hydrogens (primary N) is 1. The van der Waals surface area contributed by atoms with Crippen LogP contribution in [0, 0.1) is 5.41 Å². The topological polar surface area (TPSA) is 90.5 Å². The third-order valence-corrected chi connectivity index (χ3v) is 5.31. The molecule has 0 saturated carbocycles. The van der Waals surface area contributed by atoms with Crippen LogP contribution in [0.4, 0.5) is 0 Å². The first-order valence-corrected chi connectivity index (χ1v) is 7.96. The van der Waals surface area contributed by atoms with Crippen molar-refractivity contribution < 1.29 is 8.42 Å². The SMILES string of the molecule is CCN(CCC(=N)N)S(=O)(=O)N1CCCCCC1. The Labute approximate surface area is 110 Å². The van der Waals surface area contributed by atoms with Crippen molar-refractivity contribution in [1.82, 2.24) is 8.61 Å². The lowest BCUT2D eigenvalue weighted by Crippen LogP contribution is -2.45. The van der Waals surface area contributed by atoms with Gasteiger partial charge < -0.3 is 5.73 Å². The maximum Gasteiger partial charge on any atom is 0.281 e. The largest absolute Gasteiger partial charge is 0.388 e. The smallest absolute Gasteiger partial charge is 0.281 e. The molecule has 1 rings (SSSR count). The molecule has 1 heterocycles. The molecular formula is C11H24N4O2S. The molecule has 106 valence electrons. The van der Waals surface area contributed by atoms with E-state index in [1.807, 2.05) is 6.92 Å². The Morgan fingerprint density at radius 3 is 2.28 bits per heavy atom. The molecule has 18 heavy (non-hydrogen) atoms. The molecule has 0 bridgehead atoms. The van der Waals surface area contributed by atoms with E-state index >= 15 is 0 Å². The zero-order chi connectivity index (χ0) is 13.6. The first kappa shape index (κ1) is 15.4. The monoisotopic (exact) mass is 276 g/mol. The Kier molecular flexibility index (Phi) is 6.04. The van der Waals surface area contributed by atoms with Crippen molar-refractivity contribution in [3.05, 3.63) is 0 Å². The van der Waals surface area contributed by atoms with Gasteiger partial charge in [0.2, 0.25) is 0 Å². The molecule has 6 nitrogen and oxygen atoms in total. The Balaban J connectivity index is 2.70. The van der Waals surface area contributed by atoms with E-state index in [1.165, 1.54) is 4.31 Å². The van der Waals surface area contributed by atoms with E-state index in [9.17, 15) is 8.42 Å². The van der Waals surface area contributed by atoms with Gasteiger partial charge in [0.05, 0.1) is 5.84 Å². The number of hydrogen-bond donors (Lipinski definition) is 2. The minimum Gasteiger partial charge on any atom is -0.388 e. The molecule has 0 aliphatic carbocycles. The third-order valence-electron chi connectivity index (χ3n) is 3.20. The first-order valence-electron chi connectivity index (χ1n) is 6.56.